The third-order valence-electron chi connectivity index (χ3n) is 5.22. The number of nitrogens with zero attached hydrogens (tertiary/aromatic N) is 2. The number of rotatable bonds is 4. The van der Waals surface area contributed by atoms with Crippen molar-refractivity contribution < 1.29 is 9.59 Å². The lowest BCUT2D eigenvalue weighted by atomic mass is 10.1. The standard InChI is InChI=1S/C23H25N3O2S/c27-22-10-16-29-21-9-8-19(17-20(21)24-22)23(28)26-14-12-25(13-15-26)11-4-7-18-5-2-1-3-6-18/h1-9,17H,10-16H2,(H,24,27)/b7-4+. The van der Waals surface area contributed by atoms with E-state index in [4.69, 9.17) is 0 Å². The van der Waals surface area contributed by atoms with E-state index in [-0.39, 0.29) is 11.8 Å². The maximum absolute atomic E-state index is 12.9. The number of hydrogen-bond donors (Lipinski definition) is 1. The summed E-state index contributed by atoms with van der Waals surface area (Å²) in [5.74, 6) is 0.820. The first-order valence-corrected chi connectivity index (χ1v) is 11.0. The van der Waals surface area contributed by atoms with Crippen LogP contribution < -0.4 is 5.32 Å². The van der Waals surface area contributed by atoms with Crippen LogP contribution in [-0.4, -0.2) is 60.1 Å². The Morgan fingerprint density at radius 2 is 1.86 bits per heavy atom. The second-order valence-corrected chi connectivity index (χ2v) is 8.40. The Hall–Kier alpha value is -2.57. The molecule has 6 heteroatoms. The zero-order chi connectivity index (χ0) is 20.1. The highest BCUT2D eigenvalue weighted by Gasteiger charge is 2.23. The Morgan fingerprint density at radius 1 is 1.07 bits per heavy atom. The Morgan fingerprint density at radius 3 is 2.66 bits per heavy atom. The van der Waals surface area contributed by atoms with Crippen LogP contribution in [-0.2, 0) is 4.79 Å². The molecule has 1 saturated heterocycles. The molecule has 0 aromatic heterocycles. The van der Waals surface area contributed by atoms with Crippen LogP contribution in [0.3, 0.4) is 0 Å². The van der Waals surface area contributed by atoms with Crippen LogP contribution in [0.4, 0.5) is 5.69 Å². The zero-order valence-corrected chi connectivity index (χ0v) is 17.2. The molecule has 2 aromatic rings. The summed E-state index contributed by atoms with van der Waals surface area (Å²) in [5, 5.41) is 2.92. The highest BCUT2D eigenvalue weighted by atomic mass is 32.2. The average molecular weight is 408 g/mol. The van der Waals surface area contributed by atoms with Crippen LogP contribution in [0.1, 0.15) is 22.3 Å². The Labute approximate surface area is 175 Å². The number of fused-ring (bicyclic) bond motifs is 1. The summed E-state index contributed by atoms with van der Waals surface area (Å²) in [6.07, 6.45) is 4.82. The van der Waals surface area contributed by atoms with Crippen LogP contribution in [0, 0.1) is 0 Å². The largest absolute Gasteiger partial charge is 0.336 e. The second kappa shape index (κ2) is 9.29. The number of benzene rings is 2. The quantitative estimate of drug-likeness (QED) is 0.842. The van der Waals surface area contributed by atoms with Crippen molar-refractivity contribution in [2.75, 3.05) is 43.8 Å². The van der Waals surface area contributed by atoms with E-state index in [2.05, 4.69) is 34.5 Å². The van der Waals surface area contributed by atoms with Crippen molar-refractivity contribution in [2.45, 2.75) is 11.3 Å². The van der Waals surface area contributed by atoms with Gasteiger partial charge in [-0.25, -0.2) is 0 Å². The van der Waals surface area contributed by atoms with Gasteiger partial charge >= 0.3 is 0 Å². The lowest BCUT2D eigenvalue weighted by molar-refractivity contribution is -0.115. The molecule has 2 aliphatic rings. The van der Waals surface area contributed by atoms with Gasteiger partial charge < -0.3 is 10.2 Å². The van der Waals surface area contributed by atoms with Gasteiger partial charge in [0, 0.05) is 55.4 Å². The number of carbonyl (C=O) groups excluding carboxylic acids is 2. The van der Waals surface area contributed by atoms with E-state index in [9.17, 15) is 9.59 Å². The van der Waals surface area contributed by atoms with Gasteiger partial charge in [-0.1, -0.05) is 42.5 Å². The Bertz CT molecular complexity index is 906. The summed E-state index contributed by atoms with van der Waals surface area (Å²) in [6.45, 7) is 4.05. The highest BCUT2D eigenvalue weighted by Crippen LogP contribution is 2.31. The SMILES string of the molecule is O=C1CCSc2ccc(C(=O)N3CCN(C/C=C/c4ccccc4)CC3)cc2N1. The summed E-state index contributed by atoms with van der Waals surface area (Å²) < 4.78 is 0. The molecule has 2 aliphatic heterocycles. The zero-order valence-electron chi connectivity index (χ0n) is 16.3. The van der Waals surface area contributed by atoms with Crippen molar-refractivity contribution in [1.29, 1.82) is 0 Å². The van der Waals surface area contributed by atoms with Gasteiger partial charge in [0.05, 0.1) is 5.69 Å². The van der Waals surface area contributed by atoms with Gasteiger partial charge in [0.15, 0.2) is 0 Å². The highest BCUT2D eigenvalue weighted by molar-refractivity contribution is 7.99. The van der Waals surface area contributed by atoms with Crippen LogP contribution in [0.2, 0.25) is 0 Å². The van der Waals surface area contributed by atoms with Crippen LogP contribution in [0.5, 0.6) is 0 Å². The number of thioether (sulfide) groups is 1. The van der Waals surface area contributed by atoms with Crippen molar-refractivity contribution in [3.63, 3.8) is 0 Å². The lowest BCUT2D eigenvalue weighted by Gasteiger charge is -2.34. The van der Waals surface area contributed by atoms with E-state index in [1.165, 1.54) is 5.56 Å². The Balaban J connectivity index is 1.32. The normalized spacial score (nSPS) is 17.7. The molecule has 0 bridgehead atoms. The van der Waals surface area contributed by atoms with E-state index in [1.54, 1.807) is 11.8 Å². The van der Waals surface area contributed by atoms with Crippen molar-refractivity contribution in [1.82, 2.24) is 9.80 Å². The van der Waals surface area contributed by atoms with Crippen molar-refractivity contribution >= 4 is 35.3 Å². The first-order valence-electron chi connectivity index (χ1n) is 9.99. The maximum atomic E-state index is 12.9. The topological polar surface area (TPSA) is 52.7 Å². The molecule has 0 unspecified atom stereocenters. The van der Waals surface area contributed by atoms with E-state index in [0.29, 0.717) is 12.0 Å². The smallest absolute Gasteiger partial charge is 0.254 e. The van der Waals surface area contributed by atoms with E-state index in [0.717, 1.165) is 49.1 Å². The molecule has 2 heterocycles. The molecule has 0 atom stereocenters. The van der Waals surface area contributed by atoms with Crippen LogP contribution >= 0.6 is 11.8 Å². The molecule has 0 radical (unpaired) electrons. The number of nitrogens with one attached hydrogen (secondary N) is 1. The summed E-state index contributed by atoms with van der Waals surface area (Å²) in [6, 6.07) is 15.9. The fourth-order valence-electron chi connectivity index (χ4n) is 3.57. The van der Waals surface area contributed by atoms with E-state index in [1.807, 2.05) is 41.3 Å². The fraction of sp³-hybridized carbons (Fsp3) is 0.304. The minimum atomic E-state index is 0.0121. The third kappa shape index (κ3) is 5.08. The van der Waals surface area contributed by atoms with Gasteiger partial charge in [0.25, 0.3) is 5.91 Å². The molecule has 0 spiro atoms. The maximum Gasteiger partial charge on any atom is 0.254 e. The molecular weight excluding hydrogens is 382 g/mol. The van der Waals surface area contributed by atoms with Crippen LogP contribution in [0.25, 0.3) is 6.08 Å². The number of hydrogen-bond acceptors (Lipinski definition) is 4. The molecule has 150 valence electrons. The van der Waals surface area contributed by atoms with Crippen molar-refractivity contribution in [3.05, 3.63) is 65.7 Å². The third-order valence-corrected chi connectivity index (χ3v) is 6.30. The van der Waals surface area contributed by atoms with E-state index < -0.39 is 0 Å². The number of anilines is 1. The molecule has 2 amide bonds. The average Bonchev–Trinajstić information content (AvgIpc) is 2.94. The molecule has 2 aromatic carbocycles. The summed E-state index contributed by atoms with van der Waals surface area (Å²) in [7, 11) is 0. The van der Waals surface area contributed by atoms with Crippen LogP contribution in [0.15, 0.2) is 59.5 Å². The van der Waals surface area contributed by atoms with Gasteiger partial charge in [-0.15, -0.1) is 11.8 Å². The van der Waals surface area contributed by atoms with Gasteiger partial charge in [-0.2, -0.15) is 0 Å². The fourth-order valence-corrected chi connectivity index (χ4v) is 4.51. The van der Waals surface area contributed by atoms with Gasteiger partial charge in [0.2, 0.25) is 5.91 Å². The van der Waals surface area contributed by atoms with Crippen molar-refractivity contribution in [3.8, 4) is 0 Å². The molecule has 0 saturated carbocycles. The minimum Gasteiger partial charge on any atom is -0.336 e. The molecule has 1 fully saturated rings. The van der Waals surface area contributed by atoms with Gasteiger partial charge in [0.1, 0.15) is 0 Å². The Kier molecular flexibility index (Phi) is 6.32. The lowest BCUT2D eigenvalue weighted by Crippen LogP contribution is -2.48. The molecule has 29 heavy (non-hydrogen) atoms. The predicted octanol–water partition coefficient (Wildman–Crippen LogP) is 3.59. The molecule has 4 rings (SSSR count). The number of amides is 2. The molecule has 5 nitrogen and oxygen atoms in total. The number of carbonyl (C=O) groups is 2. The first kappa shape index (κ1) is 19.7. The number of piperazine rings is 1. The van der Waals surface area contributed by atoms with Gasteiger partial charge in [-0.3, -0.25) is 14.5 Å². The summed E-state index contributed by atoms with van der Waals surface area (Å²) >= 11 is 1.65. The molecule has 1 N–H and O–H groups in total. The van der Waals surface area contributed by atoms with E-state index >= 15 is 0 Å². The second-order valence-electron chi connectivity index (χ2n) is 7.26. The predicted molar refractivity (Wildman–Crippen MR) is 118 cm³/mol. The molecular formula is C23H25N3O2S. The monoisotopic (exact) mass is 407 g/mol. The van der Waals surface area contributed by atoms with Crippen molar-refractivity contribution in [2.24, 2.45) is 0 Å². The minimum absolute atomic E-state index is 0.0121. The molecule has 0 aliphatic carbocycles. The summed E-state index contributed by atoms with van der Waals surface area (Å²) in [4.78, 5) is 30.0. The summed E-state index contributed by atoms with van der Waals surface area (Å²) in [5.41, 5.74) is 2.60. The first-order chi connectivity index (χ1) is 14.2. The van der Waals surface area contributed by atoms with Gasteiger partial charge in [-0.05, 0) is 23.8 Å².